The monoisotopic (exact) mass is 465 g/mol. The molecule has 1 amide bonds. The molecule has 1 atom stereocenters. The Balaban J connectivity index is 1.88. The standard InChI is InChI=1S/C22H28FN3O5S/c1-5-31-22(28)19-14(2)25(4)15(3)20(19)32(29,30)26-11-7-8-16(13-26)21(27)24-18-10-6-9-17(23)12-18/h6,9-10,12,16H,5,7-8,11,13H2,1-4H3,(H,24,27)/t16-/m0/s1. The van der Waals surface area contributed by atoms with Crippen LogP contribution in [0.25, 0.3) is 0 Å². The number of carbonyl (C=O) groups excluding carboxylic acids is 2. The summed E-state index contributed by atoms with van der Waals surface area (Å²) in [5.74, 6) is -2.14. The Kier molecular flexibility index (Phi) is 7.04. The van der Waals surface area contributed by atoms with Crippen molar-refractivity contribution < 1.29 is 27.1 Å². The van der Waals surface area contributed by atoms with Gasteiger partial charge >= 0.3 is 5.97 Å². The summed E-state index contributed by atoms with van der Waals surface area (Å²) in [6.45, 7) is 5.30. The Bertz CT molecular complexity index is 1140. The van der Waals surface area contributed by atoms with E-state index < -0.39 is 27.7 Å². The third-order valence-corrected chi connectivity index (χ3v) is 7.88. The van der Waals surface area contributed by atoms with Gasteiger partial charge in [-0.25, -0.2) is 17.6 Å². The molecule has 32 heavy (non-hydrogen) atoms. The van der Waals surface area contributed by atoms with Crippen LogP contribution in [0.2, 0.25) is 0 Å². The summed E-state index contributed by atoms with van der Waals surface area (Å²) in [6.07, 6.45) is 0.991. The third-order valence-electron chi connectivity index (χ3n) is 5.85. The van der Waals surface area contributed by atoms with Crippen LogP contribution in [0, 0.1) is 25.6 Å². The van der Waals surface area contributed by atoms with Crippen LogP contribution in [0.15, 0.2) is 29.2 Å². The van der Waals surface area contributed by atoms with Gasteiger partial charge in [-0.15, -0.1) is 0 Å². The number of hydrogen-bond acceptors (Lipinski definition) is 5. The highest BCUT2D eigenvalue weighted by Gasteiger charge is 2.39. The van der Waals surface area contributed by atoms with E-state index in [9.17, 15) is 22.4 Å². The molecule has 2 heterocycles. The van der Waals surface area contributed by atoms with Crippen LogP contribution >= 0.6 is 0 Å². The lowest BCUT2D eigenvalue weighted by atomic mass is 9.99. The number of piperidine rings is 1. The molecule has 2 aromatic rings. The van der Waals surface area contributed by atoms with Crippen LogP contribution < -0.4 is 5.32 Å². The molecule has 0 radical (unpaired) electrons. The molecule has 3 rings (SSSR count). The van der Waals surface area contributed by atoms with Gasteiger partial charge in [0.2, 0.25) is 15.9 Å². The molecule has 8 nitrogen and oxygen atoms in total. The summed E-state index contributed by atoms with van der Waals surface area (Å²) in [4.78, 5) is 25.2. The van der Waals surface area contributed by atoms with Crippen molar-refractivity contribution in [3.05, 3.63) is 47.0 Å². The number of rotatable bonds is 6. The smallest absolute Gasteiger partial charge is 0.341 e. The van der Waals surface area contributed by atoms with Crippen molar-refractivity contribution in [1.29, 1.82) is 0 Å². The Hall–Kier alpha value is -2.72. The zero-order valence-corrected chi connectivity index (χ0v) is 19.5. The third kappa shape index (κ3) is 4.56. The minimum Gasteiger partial charge on any atom is -0.462 e. The van der Waals surface area contributed by atoms with Gasteiger partial charge in [-0.1, -0.05) is 6.07 Å². The minimum atomic E-state index is -4.06. The largest absolute Gasteiger partial charge is 0.462 e. The number of ether oxygens (including phenoxy) is 1. The number of aromatic nitrogens is 1. The van der Waals surface area contributed by atoms with Gasteiger partial charge in [0.1, 0.15) is 16.3 Å². The molecule has 1 saturated heterocycles. The summed E-state index contributed by atoms with van der Waals surface area (Å²) in [5, 5.41) is 2.66. The summed E-state index contributed by atoms with van der Waals surface area (Å²) in [5.41, 5.74) is 1.26. The first-order chi connectivity index (χ1) is 15.1. The average Bonchev–Trinajstić information content (AvgIpc) is 2.98. The summed E-state index contributed by atoms with van der Waals surface area (Å²) >= 11 is 0. The van der Waals surface area contributed by atoms with Crippen molar-refractivity contribution in [3.8, 4) is 0 Å². The molecule has 1 aromatic heterocycles. The van der Waals surface area contributed by atoms with Crippen LogP contribution in [-0.4, -0.2) is 48.9 Å². The van der Waals surface area contributed by atoms with Gasteiger partial charge in [-0.2, -0.15) is 4.31 Å². The second-order valence-electron chi connectivity index (χ2n) is 7.86. The summed E-state index contributed by atoms with van der Waals surface area (Å²) in [6, 6.07) is 5.53. The van der Waals surface area contributed by atoms with Gasteiger partial charge in [0, 0.05) is 37.2 Å². The molecule has 10 heteroatoms. The van der Waals surface area contributed by atoms with E-state index in [1.807, 2.05) is 0 Å². The molecule has 1 N–H and O–H groups in total. The van der Waals surface area contributed by atoms with Crippen molar-refractivity contribution in [2.45, 2.75) is 38.5 Å². The molecule has 1 aromatic carbocycles. The molecule has 174 valence electrons. The quantitative estimate of drug-likeness (QED) is 0.662. The number of nitrogens with one attached hydrogen (secondary N) is 1. The van der Waals surface area contributed by atoms with Gasteiger partial charge in [0.15, 0.2) is 0 Å². The maximum absolute atomic E-state index is 13.6. The average molecular weight is 466 g/mol. The molecule has 1 fully saturated rings. The van der Waals surface area contributed by atoms with Crippen LogP contribution in [0.1, 0.15) is 41.5 Å². The Morgan fingerprint density at radius 1 is 1.25 bits per heavy atom. The van der Waals surface area contributed by atoms with E-state index in [0.29, 0.717) is 29.9 Å². The SMILES string of the molecule is CCOC(=O)c1c(S(=O)(=O)N2CCC[C@H](C(=O)Nc3cccc(F)c3)C2)c(C)n(C)c1C. The van der Waals surface area contributed by atoms with Crippen molar-refractivity contribution in [2.75, 3.05) is 25.0 Å². The van der Waals surface area contributed by atoms with Crippen LogP contribution in [0.5, 0.6) is 0 Å². The number of benzene rings is 1. The van der Waals surface area contributed by atoms with Crippen molar-refractivity contribution in [2.24, 2.45) is 13.0 Å². The van der Waals surface area contributed by atoms with E-state index in [1.54, 1.807) is 38.5 Å². The Morgan fingerprint density at radius 2 is 1.97 bits per heavy atom. The lowest BCUT2D eigenvalue weighted by Crippen LogP contribution is -2.44. The predicted octanol–water partition coefficient (Wildman–Crippen LogP) is 3.00. The van der Waals surface area contributed by atoms with Crippen LogP contribution in [0.4, 0.5) is 10.1 Å². The van der Waals surface area contributed by atoms with Crippen molar-refractivity contribution in [3.63, 3.8) is 0 Å². The van der Waals surface area contributed by atoms with Gasteiger partial charge < -0.3 is 14.6 Å². The molecular weight excluding hydrogens is 437 g/mol. The van der Waals surface area contributed by atoms with Crippen LogP contribution in [0.3, 0.4) is 0 Å². The number of halogens is 1. The number of esters is 1. The minimum absolute atomic E-state index is 0.0261. The molecule has 0 saturated carbocycles. The number of anilines is 1. The lowest BCUT2D eigenvalue weighted by Gasteiger charge is -2.31. The molecule has 1 aliphatic heterocycles. The highest BCUT2D eigenvalue weighted by molar-refractivity contribution is 7.89. The molecule has 0 bridgehead atoms. The van der Waals surface area contributed by atoms with E-state index in [-0.39, 0.29) is 36.1 Å². The fourth-order valence-electron chi connectivity index (χ4n) is 3.99. The topological polar surface area (TPSA) is 97.7 Å². The maximum atomic E-state index is 13.6. The number of sulfonamides is 1. The lowest BCUT2D eigenvalue weighted by molar-refractivity contribution is -0.120. The fraction of sp³-hybridized carbons (Fsp3) is 0.455. The molecular formula is C22H28FN3O5S. The Morgan fingerprint density at radius 3 is 2.62 bits per heavy atom. The van der Waals surface area contributed by atoms with E-state index in [4.69, 9.17) is 4.74 Å². The molecule has 0 unspecified atom stereocenters. The summed E-state index contributed by atoms with van der Waals surface area (Å²) in [7, 11) is -2.37. The molecule has 1 aliphatic rings. The zero-order chi connectivity index (χ0) is 23.6. The highest BCUT2D eigenvalue weighted by Crippen LogP contribution is 2.32. The van der Waals surface area contributed by atoms with Gasteiger partial charge in [0.05, 0.1) is 12.5 Å². The van der Waals surface area contributed by atoms with E-state index in [2.05, 4.69) is 5.32 Å². The molecule has 0 spiro atoms. The normalized spacial score (nSPS) is 17.2. The highest BCUT2D eigenvalue weighted by atomic mass is 32.2. The zero-order valence-electron chi connectivity index (χ0n) is 18.6. The number of amides is 1. The number of nitrogens with zero attached hydrogens (tertiary/aromatic N) is 2. The Labute approximate surface area is 187 Å². The second kappa shape index (κ2) is 9.41. The van der Waals surface area contributed by atoms with E-state index in [1.165, 1.54) is 22.5 Å². The van der Waals surface area contributed by atoms with Gasteiger partial charge in [0.25, 0.3) is 0 Å². The fourth-order valence-corrected chi connectivity index (χ4v) is 5.99. The molecule has 0 aliphatic carbocycles. The van der Waals surface area contributed by atoms with E-state index in [0.717, 1.165) is 0 Å². The maximum Gasteiger partial charge on any atom is 0.341 e. The summed E-state index contributed by atoms with van der Waals surface area (Å²) < 4.78 is 48.6. The van der Waals surface area contributed by atoms with Gasteiger partial charge in [-0.3, -0.25) is 4.79 Å². The van der Waals surface area contributed by atoms with Crippen molar-refractivity contribution in [1.82, 2.24) is 8.87 Å². The first kappa shape index (κ1) is 23.9. The number of carbonyl (C=O) groups is 2. The van der Waals surface area contributed by atoms with Crippen molar-refractivity contribution >= 4 is 27.6 Å². The first-order valence-corrected chi connectivity index (χ1v) is 11.9. The van der Waals surface area contributed by atoms with Gasteiger partial charge in [-0.05, 0) is 51.8 Å². The van der Waals surface area contributed by atoms with E-state index >= 15 is 0 Å². The first-order valence-electron chi connectivity index (χ1n) is 10.5. The second-order valence-corrected chi connectivity index (χ2v) is 9.73. The van der Waals surface area contributed by atoms with Crippen LogP contribution in [-0.2, 0) is 26.6 Å². The number of hydrogen-bond donors (Lipinski definition) is 1. The predicted molar refractivity (Wildman–Crippen MR) is 117 cm³/mol.